The number of carboxylic acid groups (broad SMARTS) is 1. The molecule has 1 aliphatic heterocycles. The number of benzene rings is 1. The fourth-order valence-corrected chi connectivity index (χ4v) is 3.57. The van der Waals surface area contributed by atoms with Crippen molar-refractivity contribution in [1.29, 1.82) is 0 Å². The normalized spacial score (nSPS) is 17.1. The van der Waals surface area contributed by atoms with Gasteiger partial charge in [0.2, 0.25) is 5.95 Å². The largest absolute Gasteiger partial charge is 0.490 e. The van der Waals surface area contributed by atoms with Crippen molar-refractivity contribution in [3.8, 4) is 0 Å². The topological polar surface area (TPSA) is 109 Å². The molecule has 1 atom stereocenters. The Morgan fingerprint density at radius 3 is 2.65 bits per heavy atom. The third-order valence-electron chi connectivity index (χ3n) is 4.94. The molecule has 0 radical (unpaired) electrons. The van der Waals surface area contributed by atoms with Crippen LogP contribution in [-0.4, -0.2) is 65.3 Å². The highest BCUT2D eigenvalue weighted by Crippen LogP contribution is 2.35. The molecule has 8 nitrogen and oxygen atoms in total. The first-order valence-electron chi connectivity index (χ1n) is 9.34. The summed E-state index contributed by atoms with van der Waals surface area (Å²) in [6, 6.07) is 6.02. The molecule has 1 fully saturated rings. The molecule has 0 saturated carbocycles. The number of furan rings is 1. The molecule has 0 aliphatic carbocycles. The fraction of sp³-hybridized carbons (Fsp3) is 0.421. The highest BCUT2D eigenvalue weighted by Gasteiger charge is 2.38. The third-order valence-corrected chi connectivity index (χ3v) is 5.18. The number of rotatable bonds is 2. The van der Waals surface area contributed by atoms with E-state index in [4.69, 9.17) is 31.7 Å². The summed E-state index contributed by atoms with van der Waals surface area (Å²) in [5.74, 6) is -1.73. The smallest absolute Gasteiger partial charge is 0.475 e. The van der Waals surface area contributed by atoms with Gasteiger partial charge < -0.3 is 25.1 Å². The van der Waals surface area contributed by atoms with E-state index < -0.39 is 12.1 Å². The maximum absolute atomic E-state index is 10.6. The summed E-state index contributed by atoms with van der Waals surface area (Å²) in [6.07, 6.45) is -2.79. The van der Waals surface area contributed by atoms with Gasteiger partial charge >= 0.3 is 12.1 Å². The van der Waals surface area contributed by atoms with Crippen LogP contribution in [0.3, 0.4) is 0 Å². The lowest BCUT2D eigenvalue weighted by Gasteiger charge is -2.36. The molecule has 3 heterocycles. The number of hydrogen-bond acceptors (Lipinski definition) is 7. The number of alkyl halides is 3. The molecule has 2 aromatic heterocycles. The van der Waals surface area contributed by atoms with Gasteiger partial charge in [-0.25, -0.2) is 9.78 Å². The number of carboxylic acids is 1. The van der Waals surface area contributed by atoms with E-state index in [1.807, 2.05) is 18.2 Å². The van der Waals surface area contributed by atoms with Gasteiger partial charge in [0, 0.05) is 29.5 Å². The summed E-state index contributed by atoms with van der Waals surface area (Å²) in [4.78, 5) is 22.3. The Morgan fingerprint density at radius 1 is 1.35 bits per heavy atom. The summed E-state index contributed by atoms with van der Waals surface area (Å²) < 4.78 is 37.8. The minimum Gasteiger partial charge on any atom is -0.475 e. The summed E-state index contributed by atoms with van der Waals surface area (Å²) in [7, 11) is 4.22. The minimum absolute atomic E-state index is 0.257. The van der Waals surface area contributed by atoms with E-state index in [1.54, 1.807) is 0 Å². The second kappa shape index (κ2) is 8.75. The van der Waals surface area contributed by atoms with E-state index in [1.165, 1.54) is 6.42 Å². The van der Waals surface area contributed by atoms with Crippen LogP contribution in [0.5, 0.6) is 0 Å². The summed E-state index contributed by atoms with van der Waals surface area (Å²) >= 11 is 6.13. The zero-order valence-electron chi connectivity index (χ0n) is 16.8. The van der Waals surface area contributed by atoms with Crippen LogP contribution in [0.1, 0.15) is 12.8 Å². The highest BCUT2D eigenvalue weighted by atomic mass is 35.5. The zero-order chi connectivity index (χ0) is 22.9. The molecule has 0 bridgehead atoms. The number of nitrogen functional groups attached to an aromatic ring is 1. The summed E-state index contributed by atoms with van der Waals surface area (Å²) in [5, 5.41) is 8.64. The predicted molar refractivity (Wildman–Crippen MR) is 111 cm³/mol. The van der Waals surface area contributed by atoms with Crippen molar-refractivity contribution in [2.75, 3.05) is 37.8 Å². The van der Waals surface area contributed by atoms with Gasteiger partial charge in [0.05, 0.1) is 0 Å². The lowest BCUT2D eigenvalue weighted by atomic mass is 10.0. The molecule has 12 heteroatoms. The van der Waals surface area contributed by atoms with Crippen LogP contribution in [0.4, 0.5) is 24.9 Å². The second-order valence-corrected chi connectivity index (χ2v) is 7.77. The van der Waals surface area contributed by atoms with Gasteiger partial charge in [-0.2, -0.15) is 18.2 Å². The molecule has 0 spiro atoms. The van der Waals surface area contributed by atoms with Crippen molar-refractivity contribution < 1.29 is 27.5 Å². The Labute approximate surface area is 180 Å². The van der Waals surface area contributed by atoms with Crippen molar-refractivity contribution in [3.63, 3.8) is 0 Å². The number of hydrogen-bond donors (Lipinski definition) is 2. The number of aliphatic carboxylic acids is 1. The van der Waals surface area contributed by atoms with Crippen LogP contribution in [-0.2, 0) is 4.79 Å². The maximum atomic E-state index is 10.6. The Bertz CT molecular complexity index is 1100. The fourth-order valence-electron chi connectivity index (χ4n) is 3.40. The monoisotopic (exact) mass is 459 g/mol. The van der Waals surface area contributed by atoms with Gasteiger partial charge in [-0.15, -0.1) is 0 Å². The number of anilines is 2. The van der Waals surface area contributed by atoms with Crippen molar-refractivity contribution in [2.45, 2.75) is 25.1 Å². The average Bonchev–Trinajstić information content (AvgIpc) is 3.05. The maximum Gasteiger partial charge on any atom is 0.490 e. The Kier molecular flexibility index (Phi) is 6.46. The molecule has 0 unspecified atom stereocenters. The quantitative estimate of drug-likeness (QED) is 0.596. The van der Waals surface area contributed by atoms with Gasteiger partial charge in [-0.1, -0.05) is 11.6 Å². The molecule has 168 valence electrons. The first-order valence-corrected chi connectivity index (χ1v) is 9.72. The lowest BCUT2D eigenvalue weighted by Crippen LogP contribution is -2.45. The number of piperidine rings is 1. The van der Waals surface area contributed by atoms with Crippen LogP contribution >= 0.6 is 11.6 Å². The van der Waals surface area contributed by atoms with Crippen molar-refractivity contribution in [1.82, 2.24) is 14.9 Å². The first kappa shape index (κ1) is 22.9. The predicted octanol–water partition coefficient (Wildman–Crippen LogP) is 3.78. The SMILES string of the molecule is CN(C)[C@H]1CCCN(c2nc(N)nc3c2oc2ccc(Cl)cc23)C1.O=C(O)C(F)(F)F. The number of aromatic nitrogens is 2. The van der Waals surface area contributed by atoms with Gasteiger partial charge in [-0.05, 0) is 45.1 Å². The molecule has 3 N–H and O–H groups in total. The highest BCUT2D eigenvalue weighted by molar-refractivity contribution is 6.31. The van der Waals surface area contributed by atoms with E-state index in [0.717, 1.165) is 41.8 Å². The molecule has 4 rings (SSSR count). The van der Waals surface area contributed by atoms with E-state index >= 15 is 0 Å². The van der Waals surface area contributed by atoms with Gasteiger partial charge in [-0.3, -0.25) is 0 Å². The molecule has 3 aromatic rings. The van der Waals surface area contributed by atoms with E-state index in [2.05, 4.69) is 33.9 Å². The number of nitrogens with two attached hydrogens (primary N) is 1. The zero-order valence-corrected chi connectivity index (χ0v) is 17.5. The van der Waals surface area contributed by atoms with Crippen molar-refractivity contribution in [2.24, 2.45) is 0 Å². The molecular formula is C19H21ClF3N5O3. The molecule has 31 heavy (non-hydrogen) atoms. The number of nitrogens with zero attached hydrogens (tertiary/aromatic N) is 4. The number of halogens is 4. The second-order valence-electron chi connectivity index (χ2n) is 7.33. The average molecular weight is 460 g/mol. The number of fused-ring (bicyclic) bond motifs is 3. The molecule has 0 amide bonds. The summed E-state index contributed by atoms with van der Waals surface area (Å²) in [5.41, 5.74) is 8.13. The van der Waals surface area contributed by atoms with Crippen LogP contribution in [0.15, 0.2) is 22.6 Å². The van der Waals surface area contributed by atoms with Gasteiger partial charge in [0.25, 0.3) is 0 Å². The molecular weight excluding hydrogens is 439 g/mol. The summed E-state index contributed by atoms with van der Waals surface area (Å²) in [6.45, 7) is 1.84. The van der Waals surface area contributed by atoms with Crippen LogP contribution < -0.4 is 10.6 Å². The lowest BCUT2D eigenvalue weighted by molar-refractivity contribution is -0.192. The molecule has 1 aliphatic rings. The molecule has 1 aromatic carbocycles. The van der Waals surface area contributed by atoms with Crippen molar-refractivity contribution >= 4 is 51.4 Å². The van der Waals surface area contributed by atoms with Gasteiger partial charge in [0.1, 0.15) is 11.1 Å². The Hall–Kier alpha value is -2.79. The number of carbonyl (C=O) groups is 1. The van der Waals surface area contributed by atoms with E-state index in [-0.39, 0.29) is 5.95 Å². The van der Waals surface area contributed by atoms with Crippen molar-refractivity contribution in [3.05, 3.63) is 23.2 Å². The van der Waals surface area contributed by atoms with E-state index in [0.29, 0.717) is 16.6 Å². The first-order chi connectivity index (χ1) is 14.5. The van der Waals surface area contributed by atoms with Crippen LogP contribution in [0, 0.1) is 0 Å². The standard InChI is InChI=1S/C17H20ClN5O.C2HF3O2/c1-22(2)11-4-3-7-23(9-11)16-15-14(20-17(19)21-16)12-8-10(18)5-6-13(12)24-15;3-2(4,5)1(6)7/h5-6,8,11H,3-4,7,9H2,1-2H3,(H2,19,20,21);(H,6,7)/t11-;/m0./s1. The van der Waals surface area contributed by atoms with Crippen LogP contribution in [0.25, 0.3) is 22.1 Å². The van der Waals surface area contributed by atoms with Gasteiger partial charge in [0.15, 0.2) is 11.4 Å². The number of likely N-dealkylation sites (N-methyl/N-ethyl adjacent to an activating group) is 1. The minimum atomic E-state index is -5.08. The Morgan fingerprint density at radius 2 is 2.03 bits per heavy atom. The van der Waals surface area contributed by atoms with E-state index in [9.17, 15) is 13.2 Å². The Balaban J connectivity index is 0.000000339. The van der Waals surface area contributed by atoms with Crippen LogP contribution in [0.2, 0.25) is 5.02 Å². The molecule has 1 saturated heterocycles. The third kappa shape index (κ3) is 5.10.